The van der Waals surface area contributed by atoms with Crippen LogP contribution in [0.2, 0.25) is 0 Å². The van der Waals surface area contributed by atoms with E-state index in [2.05, 4.69) is 10.4 Å². The van der Waals surface area contributed by atoms with Gasteiger partial charge in [0.15, 0.2) is 11.6 Å². The first-order valence-corrected chi connectivity index (χ1v) is 11.2. The zero-order chi connectivity index (χ0) is 26.5. The number of hydrogen-bond donors (Lipinski definition) is 1. The van der Waals surface area contributed by atoms with Gasteiger partial charge in [-0.3, -0.25) is 4.90 Å². The maximum absolute atomic E-state index is 14.2. The van der Waals surface area contributed by atoms with Gasteiger partial charge in [-0.15, -0.1) is 4.68 Å². The molecule has 4 aromatic rings. The highest BCUT2D eigenvalue weighted by atomic mass is 19.1. The van der Waals surface area contributed by atoms with E-state index < -0.39 is 35.0 Å². The maximum atomic E-state index is 14.2. The Morgan fingerprint density at radius 3 is 2.35 bits per heavy atom. The van der Waals surface area contributed by atoms with Crippen molar-refractivity contribution in [2.24, 2.45) is 0 Å². The first kappa shape index (κ1) is 25.2. The molecule has 0 fully saturated rings. The number of para-hydroxylation sites is 1. The topological polar surface area (TPSA) is 120 Å². The number of carboxylic acids is 1. The minimum Gasteiger partial charge on any atom is -0.487 e. The standard InChI is InChI=1S/C25H21F2N5O5/c1-2-13-30(24(35)32-25(36)31(28-29-32)22-18(26)9-6-10-19(22)27)20-12-11-17(23(33)34)14-21(20)37-15-16-7-4-3-5-8-16/h3-12,14H,2,13,15H2,1H3,(H,33,34). The van der Waals surface area contributed by atoms with Gasteiger partial charge in [0.25, 0.3) is 0 Å². The third-order valence-electron chi connectivity index (χ3n) is 5.32. The number of anilines is 1. The number of aromatic carboxylic acids is 1. The third-order valence-corrected chi connectivity index (χ3v) is 5.32. The summed E-state index contributed by atoms with van der Waals surface area (Å²) >= 11 is 0. The third kappa shape index (κ3) is 5.22. The molecule has 0 aliphatic heterocycles. The highest BCUT2D eigenvalue weighted by molar-refractivity contribution is 5.96. The minimum atomic E-state index is -1.20. The van der Waals surface area contributed by atoms with Crippen LogP contribution in [0.4, 0.5) is 19.3 Å². The van der Waals surface area contributed by atoms with Crippen molar-refractivity contribution in [1.29, 1.82) is 0 Å². The fourth-order valence-corrected chi connectivity index (χ4v) is 3.58. The molecule has 0 aliphatic carbocycles. The van der Waals surface area contributed by atoms with Crippen LogP contribution in [0.25, 0.3) is 5.69 Å². The van der Waals surface area contributed by atoms with E-state index in [0.717, 1.165) is 28.7 Å². The summed E-state index contributed by atoms with van der Waals surface area (Å²) in [5.74, 6) is -3.25. The summed E-state index contributed by atoms with van der Waals surface area (Å²) in [5, 5.41) is 16.5. The van der Waals surface area contributed by atoms with E-state index in [0.29, 0.717) is 15.8 Å². The molecule has 4 rings (SSSR count). The number of nitrogens with zero attached hydrogens (tertiary/aromatic N) is 5. The van der Waals surface area contributed by atoms with E-state index in [1.165, 1.54) is 18.2 Å². The normalized spacial score (nSPS) is 10.8. The predicted octanol–water partition coefficient (Wildman–Crippen LogP) is 3.87. The van der Waals surface area contributed by atoms with Gasteiger partial charge in [-0.25, -0.2) is 23.2 Å². The number of benzene rings is 3. The van der Waals surface area contributed by atoms with Gasteiger partial charge in [0.05, 0.1) is 11.3 Å². The number of carboxylic acid groups (broad SMARTS) is 1. The number of tetrazole rings is 1. The molecule has 0 bridgehead atoms. The van der Waals surface area contributed by atoms with Crippen molar-refractivity contribution in [1.82, 2.24) is 19.8 Å². The lowest BCUT2D eigenvalue weighted by molar-refractivity contribution is 0.0696. The highest BCUT2D eigenvalue weighted by Crippen LogP contribution is 2.31. The van der Waals surface area contributed by atoms with E-state index >= 15 is 0 Å². The minimum absolute atomic E-state index is 0.0751. The maximum Gasteiger partial charge on any atom is 0.377 e. The molecule has 1 aromatic heterocycles. The van der Waals surface area contributed by atoms with Crippen molar-refractivity contribution in [2.45, 2.75) is 20.0 Å². The quantitative estimate of drug-likeness (QED) is 0.358. The average Bonchev–Trinajstić information content (AvgIpc) is 3.27. The summed E-state index contributed by atoms with van der Waals surface area (Å²) < 4.78 is 35.0. The summed E-state index contributed by atoms with van der Waals surface area (Å²) in [7, 11) is 0. The zero-order valence-electron chi connectivity index (χ0n) is 19.5. The monoisotopic (exact) mass is 509 g/mol. The molecule has 0 unspecified atom stereocenters. The largest absolute Gasteiger partial charge is 0.487 e. The number of carbonyl (C=O) groups is 2. The molecule has 10 nitrogen and oxygen atoms in total. The summed E-state index contributed by atoms with van der Waals surface area (Å²) in [6.45, 7) is 1.94. The Morgan fingerprint density at radius 2 is 1.70 bits per heavy atom. The Labute approximate surface area is 208 Å². The van der Waals surface area contributed by atoms with Gasteiger partial charge in [0.2, 0.25) is 0 Å². The molecule has 0 aliphatic rings. The van der Waals surface area contributed by atoms with Crippen LogP contribution in [0, 0.1) is 11.6 Å². The van der Waals surface area contributed by atoms with Crippen LogP contribution < -0.4 is 15.3 Å². The lowest BCUT2D eigenvalue weighted by Gasteiger charge is -2.24. The zero-order valence-corrected chi connectivity index (χ0v) is 19.5. The second-order valence-corrected chi connectivity index (χ2v) is 7.85. The highest BCUT2D eigenvalue weighted by Gasteiger charge is 2.27. The SMILES string of the molecule is CCCN(C(=O)n1nnn(-c2c(F)cccc2F)c1=O)c1ccc(C(=O)O)cc1OCc1ccccc1. The number of ether oxygens (including phenoxy) is 1. The van der Waals surface area contributed by atoms with Crippen LogP contribution in [-0.4, -0.2) is 43.4 Å². The van der Waals surface area contributed by atoms with Gasteiger partial charge >= 0.3 is 17.7 Å². The van der Waals surface area contributed by atoms with E-state index in [9.17, 15) is 28.3 Å². The Kier molecular flexibility index (Phi) is 7.37. The van der Waals surface area contributed by atoms with E-state index in [-0.39, 0.29) is 30.2 Å². The fourth-order valence-electron chi connectivity index (χ4n) is 3.58. The predicted molar refractivity (Wildman–Crippen MR) is 128 cm³/mol. The Morgan fingerprint density at radius 1 is 1.00 bits per heavy atom. The van der Waals surface area contributed by atoms with Crippen molar-refractivity contribution >= 4 is 17.7 Å². The Bertz CT molecular complexity index is 1480. The number of rotatable bonds is 8. The van der Waals surface area contributed by atoms with Gasteiger partial charge in [-0.05, 0) is 52.7 Å². The smallest absolute Gasteiger partial charge is 0.377 e. The van der Waals surface area contributed by atoms with E-state index in [1.807, 2.05) is 30.3 Å². The molecular formula is C25H21F2N5O5. The molecule has 190 valence electrons. The molecule has 0 radical (unpaired) electrons. The van der Waals surface area contributed by atoms with E-state index in [1.54, 1.807) is 6.92 Å². The lowest BCUT2D eigenvalue weighted by atomic mass is 10.1. The summed E-state index contributed by atoms with van der Waals surface area (Å²) in [6.07, 6.45) is 0.440. The molecule has 37 heavy (non-hydrogen) atoms. The van der Waals surface area contributed by atoms with Crippen molar-refractivity contribution in [3.63, 3.8) is 0 Å². The number of halogens is 2. The molecule has 12 heteroatoms. The van der Waals surface area contributed by atoms with Crippen LogP contribution in [0.5, 0.6) is 5.75 Å². The second-order valence-electron chi connectivity index (χ2n) is 7.85. The summed E-state index contributed by atoms with van der Waals surface area (Å²) in [5.41, 5.74) is -1.07. The number of aromatic nitrogens is 4. The number of amides is 1. The number of carbonyl (C=O) groups excluding carboxylic acids is 1. The summed E-state index contributed by atoms with van der Waals surface area (Å²) in [4.78, 5) is 39.1. The first-order chi connectivity index (χ1) is 17.8. The van der Waals surface area contributed by atoms with Gasteiger partial charge in [-0.2, -0.15) is 4.68 Å². The van der Waals surface area contributed by atoms with Crippen LogP contribution in [0.15, 0.2) is 71.5 Å². The summed E-state index contributed by atoms with van der Waals surface area (Å²) in [6, 6.07) is 15.1. The van der Waals surface area contributed by atoms with Crippen molar-refractivity contribution in [2.75, 3.05) is 11.4 Å². The fraction of sp³-hybridized carbons (Fsp3) is 0.160. The Hall–Kier alpha value is -4.87. The molecule has 0 saturated heterocycles. The first-order valence-electron chi connectivity index (χ1n) is 11.2. The molecule has 0 saturated carbocycles. The molecule has 0 atom stereocenters. The molecular weight excluding hydrogens is 488 g/mol. The van der Waals surface area contributed by atoms with Crippen LogP contribution in [-0.2, 0) is 6.61 Å². The Balaban J connectivity index is 1.74. The molecule has 3 aromatic carbocycles. The van der Waals surface area contributed by atoms with Crippen molar-refractivity contribution in [3.05, 3.63) is 100.0 Å². The second kappa shape index (κ2) is 10.8. The molecule has 1 heterocycles. The van der Waals surface area contributed by atoms with Crippen molar-refractivity contribution < 1.29 is 28.2 Å². The molecule has 0 spiro atoms. The van der Waals surface area contributed by atoms with Gasteiger partial charge < -0.3 is 9.84 Å². The molecule has 1 amide bonds. The number of hydrogen-bond acceptors (Lipinski definition) is 6. The lowest BCUT2D eigenvalue weighted by Crippen LogP contribution is -2.42. The van der Waals surface area contributed by atoms with Crippen molar-refractivity contribution in [3.8, 4) is 11.4 Å². The van der Waals surface area contributed by atoms with E-state index in [4.69, 9.17) is 4.74 Å². The van der Waals surface area contributed by atoms with Crippen LogP contribution >= 0.6 is 0 Å². The van der Waals surface area contributed by atoms with Gasteiger partial charge in [0, 0.05) is 6.54 Å². The molecule has 1 N–H and O–H groups in total. The van der Waals surface area contributed by atoms with Gasteiger partial charge in [-0.1, -0.05) is 43.3 Å². The van der Waals surface area contributed by atoms with Crippen LogP contribution in [0.3, 0.4) is 0 Å². The van der Waals surface area contributed by atoms with Crippen LogP contribution in [0.1, 0.15) is 29.3 Å². The van der Waals surface area contributed by atoms with Gasteiger partial charge in [0.1, 0.15) is 18.0 Å². The average molecular weight is 509 g/mol.